The van der Waals surface area contributed by atoms with Crippen LogP contribution < -0.4 is 5.32 Å². The first-order chi connectivity index (χ1) is 14.1. The van der Waals surface area contributed by atoms with E-state index in [1.807, 2.05) is 60.4 Å². The quantitative estimate of drug-likeness (QED) is 0.696. The van der Waals surface area contributed by atoms with Gasteiger partial charge in [-0.05, 0) is 55.7 Å². The number of benzene rings is 2. The van der Waals surface area contributed by atoms with Crippen molar-refractivity contribution in [2.75, 3.05) is 18.4 Å². The summed E-state index contributed by atoms with van der Waals surface area (Å²) in [5.74, 6) is 0.717. The lowest BCUT2D eigenvalue weighted by atomic mass is 9.95. The Morgan fingerprint density at radius 3 is 2.52 bits per heavy atom. The second kappa shape index (κ2) is 8.47. The van der Waals surface area contributed by atoms with Gasteiger partial charge in [0.25, 0.3) is 0 Å². The third-order valence-corrected chi connectivity index (χ3v) is 5.38. The van der Waals surface area contributed by atoms with Crippen LogP contribution in [0.5, 0.6) is 0 Å². The average molecular weight is 391 g/mol. The number of carbonyl (C=O) groups is 2. The van der Waals surface area contributed by atoms with Crippen molar-refractivity contribution in [3.05, 3.63) is 48.5 Å². The highest BCUT2D eigenvalue weighted by Crippen LogP contribution is 2.26. The number of nitrogens with one attached hydrogen (secondary N) is 1. The van der Waals surface area contributed by atoms with Crippen LogP contribution in [0.4, 0.5) is 5.69 Å². The van der Waals surface area contributed by atoms with Gasteiger partial charge in [-0.25, -0.2) is 4.98 Å². The lowest BCUT2D eigenvalue weighted by molar-refractivity contribution is -0.134. The first-order valence-electron chi connectivity index (χ1n) is 10.2. The average Bonchev–Trinajstić information content (AvgIpc) is 3.19. The molecule has 3 aromatic rings. The summed E-state index contributed by atoms with van der Waals surface area (Å²) >= 11 is 0. The van der Waals surface area contributed by atoms with Gasteiger partial charge in [-0.3, -0.25) is 9.59 Å². The van der Waals surface area contributed by atoms with Gasteiger partial charge >= 0.3 is 0 Å². The van der Waals surface area contributed by atoms with Crippen molar-refractivity contribution in [1.29, 1.82) is 0 Å². The summed E-state index contributed by atoms with van der Waals surface area (Å²) in [6.45, 7) is 3.33. The number of oxazole rings is 1. The Morgan fingerprint density at radius 1 is 1.10 bits per heavy atom. The minimum Gasteiger partial charge on any atom is -0.436 e. The summed E-state index contributed by atoms with van der Waals surface area (Å²) in [7, 11) is 0. The van der Waals surface area contributed by atoms with Crippen LogP contribution in [-0.2, 0) is 9.59 Å². The summed E-state index contributed by atoms with van der Waals surface area (Å²) in [5, 5.41) is 2.99. The van der Waals surface area contributed by atoms with E-state index in [1.54, 1.807) is 0 Å². The van der Waals surface area contributed by atoms with Crippen molar-refractivity contribution in [1.82, 2.24) is 9.88 Å². The molecule has 1 fully saturated rings. The molecule has 6 heteroatoms. The second-order valence-electron chi connectivity index (χ2n) is 7.46. The Morgan fingerprint density at radius 2 is 1.83 bits per heavy atom. The predicted molar refractivity (Wildman–Crippen MR) is 112 cm³/mol. The Kier molecular flexibility index (Phi) is 5.60. The predicted octanol–water partition coefficient (Wildman–Crippen LogP) is 4.47. The molecular formula is C23H25N3O3. The fraction of sp³-hybridized carbons (Fsp3) is 0.348. The normalized spacial score (nSPS) is 14.9. The minimum atomic E-state index is -0.0580. The number of amides is 2. The van der Waals surface area contributed by atoms with Crippen molar-refractivity contribution in [3.63, 3.8) is 0 Å². The van der Waals surface area contributed by atoms with Gasteiger partial charge in [0.1, 0.15) is 5.52 Å². The van der Waals surface area contributed by atoms with Gasteiger partial charge in [0, 0.05) is 36.7 Å². The number of anilines is 1. The highest BCUT2D eigenvalue weighted by molar-refractivity contribution is 5.93. The van der Waals surface area contributed by atoms with E-state index in [4.69, 9.17) is 4.42 Å². The van der Waals surface area contributed by atoms with E-state index in [0.717, 1.165) is 28.8 Å². The SMILES string of the molecule is CCCC(=O)N1CCC(C(=O)Nc2ccc(-c3nc4ccccc4o3)cc2)CC1. The van der Waals surface area contributed by atoms with Crippen LogP contribution in [0.25, 0.3) is 22.6 Å². The lowest BCUT2D eigenvalue weighted by Crippen LogP contribution is -2.41. The minimum absolute atomic E-state index is 0.0159. The molecule has 1 aliphatic heterocycles. The van der Waals surface area contributed by atoms with Crippen molar-refractivity contribution in [3.8, 4) is 11.5 Å². The summed E-state index contributed by atoms with van der Waals surface area (Å²) in [6.07, 6.45) is 2.87. The smallest absolute Gasteiger partial charge is 0.227 e. The molecule has 2 aromatic carbocycles. The van der Waals surface area contributed by atoms with Gasteiger partial charge in [0.05, 0.1) is 0 Å². The molecule has 0 spiro atoms. The zero-order valence-electron chi connectivity index (χ0n) is 16.6. The highest BCUT2D eigenvalue weighted by Gasteiger charge is 2.27. The van der Waals surface area contributed by atoms with Crippen molar-refractivity contribution in [2.24, 2.45) is 5.92 Å². The highest BCUT2D eigenvalue weighted by atomic mass is 16.3. The first kappa shape index (κ1) is 19.2. The monoisotopic (exact) mass is 391 g/mol. The molecule has 2 amide bonds. The lowest BCUT2D eigenvalue weighted by Gasteiger charge is -2.31. The van der Waals surface area contributed by atoms with Crippen LogP contribution in [0.1, 0.15) is 32.6 Å². The molecule has 29 heavy (non-hydrogen) atoms. The number of hydrogen-bond acceptors (Lipinski definition) is 4. The van der Waals surface area contributed by atoms with Gasteiger partial charge in [-0.2, -0.15) is 0 Å². The van der Waals surface area contributed by atoms with Crippen molar-refractivity contribution in [2.45, 2.75) is 32.6 Å². The van der Waals surface area contributed by atoms with E-state index in [9.17, 15) is 9.59 Å². The molecule has 0 bridgehead atoms. The third-order valence-electron chi connectivity index (χ3n) is 5.38. The van der Waals surface area contributed by atoms with Gasteiger partial charge in [-0.15, -0.1) is 0 Å². The summed E-state index contributed by atoms with van der Waals surface area (Å²) < 4.78 is 5.79. The number of carbonyl (C=O) groups excluding carboxylic acids is 2. The molecule has 2 heterocycles. The number of rotatable bonds is 5. The number of nitrogens with zero attached hydrogens (tertiary/aromatic N) is 2. The summed E-state index contributed by atoms with van der Waals surface area (Å²) in [5.41, 5.74) is 3.19. The number of likely N-dealkylation sites (tertiary alicyclic amines) is 1. The molecule has 0 saturated carbocycles. The van der Waals surface area contributed by atoms with Crippen LogP contribution in [0.2, 0.25) is 0 Å². The summed E-state index contributed by atoms with van der Waals surface area (Å²) in [4.78, 5) is 31.0. The van der Waals surface area contributed by atoms with Gasteiger partial charge in [0.15, 0.2) is 5.58 Å². The van der Waals surface area contributed by atoms with E-state index >= 15 is 0 Å². The molecule has 0 atom stereocenters. The van der Waals surface area contributed by atoms with Crippen LogP contribution in [0.3, 0.4) is 0 Å². The molecule has 6 nitrogen and oxygen atoms in total. The van der Waals surface area contributed by atoms with Gasteiger partial charge < -0.3 is 14.6 Å². The van der Waals surface area contributed by atoms with Crippen molar-refractivity contribution >= 4 is 28.6 Å². The molecule has 1 N–H and O–H groups in total. The largest absolute Gasteiger partial charge is 0.436 e. The van der Waals surface area contributed by atoms with Crippen molar-refractivity contribution < 1.29 is 14.0 Å². The molecule has 1 aliphatic rings. The molecule has 1 saturated heterocycles. The maximum Gasteiger partial charge on any atom is 0.227 e. The Balaban J connectivity index is 1.35. The number of hydrogen-bond donors (Lipinski definition) is 1. The van der Waals surface area contributed by atoms with E-state index in [0.29, 0.717) is 38.2 Å². The topological polar surface area (TPSA) is 75.4 Å². The van der Waals surface area contributed by atoms with Gasteiger partial charge in [0.2, 0.25) is 17.7 Å². The van der Waals surface area contributed by atoms with Crippen LogP contribution >= 0.6 is 0 Å². The van der Waals surface area contributed by atoms with E-state index < -0.39 is 0 Å². The molecule has 0 aliphatic carbocycles. The molecular weight excluding hydrogens is 366 g/mol. The molecule has 0 unspecified atom stereocenters. The van der Waals surface area contributed by atoms with Gasteiger partial charge in [-0.1, -0.05) is 19.1 Å². The molecule has 1 aromatic heterocycles. The standard InChI is InChI=1S/C23H25N3O3/c1-2-5-21(27)26-14-12-16(13-15-26)22(28)24-18-10-8-17(9-11-18)23-25-19-6-3-4-7-20(19)29-23/h3-4,6-11,16H,2,5,12-15H2,1H3,(H,24,28). The maximum atomic E-state index is 12.6. The maximum absolute atomic E-state index is 12.6. The first-order valence-corrected chi connectivity index (χ1v) is 10.2. The third kappa shape index (κ3) is 4.31. The Labute approximate surface area is 169 Å². The van der Waals surface area contributed by atoms with Crippen LogP contribution in [0, 0.1) is 5.92 Å². The Bertz CT molecular complexity index is 969. The fourth-order valence-electron chi connectivity index (χ4n) is 3.70. The number of para-hydroxylation sites is 2. The van der Waals surface area contributed by atoms with E-state index in [-0.39, 0.29) is 17.7 Å². The van der Waals surface area contributed by atoms with Crippen LogP contribution in [-0.4, -0.2) is 34.8 Å². The number of piperidine rings is 1. The zero-order valence-corrected chi connectivity index (χ0v) is 16.6. The van der Waals surface area contributed by atoms with E-state index in [1.165, 1.54) is 0 Å². The molecule has 0 radical (unpaired) electrons. The number of aromatic nitrogens is 1. The number of fused-ring (bicyclic) bond motifs is 1. The summed E-state index contributed by atoms with van der Waals surface area (Å²) in [6, 6.07) is 15.2. The fourth-order valence-corrected chi connectivity index (χ4v) is 3.70. The molecule has 4 rings (SSSR count). The zero-order chi connectivity index (χ0) is 20.2. The molecule has 150 valence electrons. The second-order valence-corrected chi connectivity index (χ2v) is 7.46. The van der Waals surface area contributed by atoms with Crippen LogP contribution in [0.15, 0.2) is 52.9 Å². The van der Waals surface area contributed by atoms with E-state index in [2.05, 4.69) is 10.3 Å². The Hall–Kier alpha value is -3.15.